The third kappa shape index (κ3) is 2.73. The van der Waals surface area contributed by atoms with Crippen LogP contribution < -0.4 is 0 Å². The average molecular weight is 389 g/mol. The summed E-state index contributed by atoms with van der Waals surface area (Å²) < 4.78 is 7.59. The van der Waals surface area contributed by atoms with Crippen molar-refractivity contribution in [2.45, 2.75) is 31.4 Å². The number of halogens is 2. The molecule has 2 aliphatic rings. The fourth-order valence-corrected chi connectivity index (χ4v) is 4.31. The normalized spacial score (nSPS) is 26.3. The SMILES string of the molecule is O=C(c1cc(Br)cc(Br)c1)N1CCOC2CCCC21. The molecule has 1 saturated carbocycles. The van der Waals surface area contributed by atoms with Crippen LogP contribution in [0.25, 0.3) is 0 Å². The third-order valence-corrected chi connectivity index (χ3v) is 4.77. The van der Waals surface area contributed by atoms with E-state index in [9.17, 15) is 4.79 Å². The molecule has 1 aromatic carbocycles. The van der Waals surface area contributed by atoms with Crippen LogP contribution in [-0.4, -0.2) is 36.1 Å². The lowest BCUT2D eigenvalue weighted by Gasteiger charge is -2.37. The van der Waals surface area contributed by atoms with E-state index in [0.29, 0.717) is 13.2 Å². The molecule has 1 aliphatic heterocycles. The summed E-state index contributed by atoms with van der Waals surface area (Å²) in [5.74, 6) is 0.113. The molecular formula is C14H15Br2NO2. The van der Waals surface area contributed by atoms with Crippen molar-refractivity contribution in [1.29, 1.82) is 0 Å². The van der Waals surface area contributed by atoms with Crippen molar-refractivity contribution in [3.05, 3.63) is 32.7 Å². The molecule has 3 rings (SSSR count). The Morgan fingerprint density at radius 1 is 1.21 bits per heavy atom. The van der Waals surface area contributed by atoms with E-state index in [-0.39, 0.29) is 18.1 Å². The van der Waals surface area contributed by atoms with Crippen LogP contribution in [0.2, 0.25) is 0 Å². The molecule has 0 aromatic heterocycles. The Morgan fingerprint density at radius 2 is 1.95 bits per heavy atom. The Morgan fingerprint density at radius 3 is 2.68 bits per heavy atom. The van der Waals surface area contributed by atoms with Crippen molar-refractivity contribution in [3.63, 3.8) is 0 Å². The summed E-state index contributed by atoms with van der Waals surface area (Å²) in [5.41, 5.74) is 0.730. The molecule has 1 saturated heterocycles. The van der Waals surface area contributed by atoms with Gasteiger partial charge in [0.05, 0.1) is 18.8 Å². The van der Waals surface area contributed by atoms with Crippen LogP contribution in [-0.2, 0) is 4.74 Å². The zero-order chi connectivity index (χ0) is 13.4. The van der Waals surface area contributed by atoms with Gasteiger partial charge in [-0.2, -0.15) is 0 Å². The van der Waals surface area contributed by atoms with E-state index in [1.807, 2.05) is 23.1 Å². The molecule has 0 bridgehead atoms. The van der Waals surface area contributed by atoms with Gasteiger partial charge in [-0.05, 0) is 37.5 Å². The van der Waals surface area contributed by atoms with Crippen LogP contribution in [0.15, 0.2) is 27.1 Å². The van der Waals surface area contributed by atoms with Gasteiger partial charge in [-0.1, -0.05) is 31.9 Å². The Bertz CT molecular complexity index is 486. The number of hydrogen-bond donors (Lipinski definition) is 0. The molecule has 1 aliphatic carbocycles. The first kappa shape index (κ1) is 13.6. The largest absolute Gasteiger partial charge is 0.374 e. The molecule has 0 spiro atoms. The maximum absolute atomic E-state index is 12.7. The minimum Gasteiger partial charge on any atom is -0.374 e. The number of carbonyl (C=O) groups is 1. The number of ether oxygens (including phenoxy) is 1. The Balaban J connectivity index is 1.86. The van der Waals surface area contributed by atoms with Crippen LogP contribution in [0, 0.1) is 0 Å². The Hall–Kier alpha value is -0.390. The van der Waals surface area contributed by atoms with Crippen molar-refractivity contribution < 1.29 is 9.53 Å². The summed E-state index contributed by atoms with van der Waals surface area (Å²) in [6, 6.07) is 5.96. The second-order valence-electron chi connectivity index (χ2n) is 5.06. The van der Waals surface area contributed by atoms with E-state index in [1.54, 1.807) is 0 Å². The fourth-order valence-electron chi connectivity index (χ4n) is 3.02. The van der Waals surface area contributed by atoms with Gasteiger partial charge in [-0.25, -0.2) is 0 Å². The second kappa shape index (κ2) is 5.54. The van der Waals surface area contributed by atoms with Crippen LogP contribution in [0.5, 0.6) is 0 Å². The zero-order valence-corrected chi connectivity index (χ0v) is 13.6. The minimum absolute atomic E-state index is 0.113. The van der Waals surface area contributed by atoms with Crippen LogP contribution in [0.3, 0.4) is 0 Å². The standard InChI is InChI=1S/C14H15Br2NO2/c15-10-6-9(7-11(16)8-10)14(18)17-4-5-19-13-3-1-2-12(13)17/h6-8,12-13H,1-5H2. The number of hydrogen-bond acceptors (Lipinski definition) is 2. The van der Waals surface area contributed by atoms with Crippen LogP contribution in [0.4, 0.5) is 0 Å². The average Bonchev–Trinajstić information content (AvgIpc) is 2.84. The fraction of sp³-hybridized carbons (Fsp3) is 0.500. The van der Waals surface area contributed by atoms with Gasteiger partial charge in [0.25, 0.3) is 5.91 Å². The predicted molar refractivity (Wildman–Crippen MR) is 80.3 cm³/mol. The number of fused-ring (bicyclic) bond motifs is 1. The van der Waals surface area contributed by atoms with Crippen molar-refractivity contribution in [2.24, 2.45) is 0 Å². The quantitative estimate of drug-likeness (QED) is 0.735. The van der Waals surface area contributed by atoms with Gasteiger partial charge in [0.2, 0.25) is 0 Å². The number of amides is 1. The van der Waals surface area contributed by atoms with E-state index in [0.717, 1.165) is 33.8 Å². The first-order valence-electron chi connectivity index (χ1n) is 6.54. The topological polar surface area (TPSA) is 29.5 Å². The minimum atomic E-state index is 0.113. The molecule has 102 valence electrons. The highest BCUT2D eigenvalue weighted by atomic mass is 79.9. The van der Waals surface area contributed by atoms with E-state index in [4.69, 9.17) is 4.74 Å². The van der Waals surface area contributed by atoms with Crippen LogP contribution >= 0.6 is 31.9 Å². The van der Waals surface area contributed by atoms with Crippen LogP contribution in [0.1, 0.15) is 29.6 Å². The highest BCUT2D eigenvalue weighted by Crippen LogP contribution is 2.31. The van der Waals surface area contributed by atoms with Gasteiger partial charge in [-0.3, -0.25) is 4.79 Å². The molecule has 3 nitrogen and oxygen atoms in total. The van der Waals surface area contributed by atoms with Gasteiger partial charge in [0, 0.05) is 21.1 Å². The van der Waals surface area contributed by atoms with Crippen molar-refractivity contribution in [1.82, 2.24) is 4.90 Å². The van der Waals surface area contributed by atoms with E-state index >= 15 is 0 Å². The smallest absolute Gasteiger partial charge is 0.254 e. The lowest BCUT2D eigenvalue weighted by Crippen LogP contribution is -2.51. The molecule has 0 radical (unpaired) electrons. The number of nitrogens with zero attached hydrogens (tertiary/aromatic N) is 1. The summed E-state index contributed by atoms with van der Waals surface area (Å²) in [6.45, 7) is 1.35. The molecule has 2 atom stereocenters. The van der Waals surface area contributed by atoms with Gasteiger partial charge in [0.1, 0.15) is 0 Å². The van der Waals surface area contributed by atoms with Crippen molar-refractivity contribution in [2.75, 3.05) is 13.2 Å². The molecule has 1 aromatic rings. The van der Waals surface area contributed by atoms with Gasteiger partial charge >= 0.3 is 0 Å². The third-order valence-electron chi connectivity index (χ3n) is 3.85. The molecule has 0 N–H and O–H groups in total. The molecule has 1 amide bonds. The maximum atomic E-state index is 12.7. The van der Waals surface area contributed by atoms with E-state index in [2.05, 4.69) is 31.9 Å². The van der Waals surface area contributed by atoms with E-state index < -0.39 is 0 Å². The second-order valence-corrected chi connectivity index (χ2v) is 6.90. The first-order chi connectivity index (χ1) is 9.15. The zero-order valence-electron chi connectivity index (χ0n) is 10.4. The summed E-state index contributed by atoms with van der Waals surface area (Å²) in [7, 11) is 0. The summed E-state index contributed by atoms with van der Waals surface area (Å²) in [5, 5.41) is 0. The number of morpholine rings is 1. The number of carbonyl (C=O) groups excluding carboxylic acids is 1. The molecule has 5 heteroatoms. The molecular weight excluding hydrogens is 374 g/mol. The van der Waals surface area contributed by atoms with Crippen molar-refractivity contribution >= 4 is 37.8 Å². The predicted octanol–water partition coefficient (Wildman–Crippen LogP) is 3.61. The van der Waals surface area contributed by atoms with Gasteiger partial charge in [0.15, 0.2) is 0 Å². The summed E-state index contributed by atoms with van der Waals surface area (Å²) in [6.07, 6.45) is 3.54. The lowest BCUT2D eigenvalue weighted by molar-refractivity contribution is -0.0445. The lowest BCUT2D eigenvalue weighted by atomic mass is 10.1. The highest BCUT2D eigenvalue weighted by molar-refractivity contribution is 9.11. The molecule has 19 heavy (non-hydrogen) atoms. The Labute approximate surface area is 129 Å². The van der Waals surface area contributed by atoms with Gasteiger partial charge < -0.3 is 9.64 Å². The molecule has 1 heterocycles. The molecule has 2 unspecified atom stereocenters. The van der Waals surface area contributed by atoms with Crippen molar-refractivity contribution in [3.8, 4) is 0 Å². The summed E-state index contributed by atoms with van der Waals surface area (Å²) >= 11 is 6.87. The van der Waals surface area contributed by atoms with E-state index in [1.165, 1.54) is 0 Å². The maximum Gasteiger partial charge on any atom is 0.254 e. The highest BCUT2D eigenvalue weighted by Gasteiger charge is 2.38. The number of benzene rings is 1. The number of rotatable bonds is 1. The molecule has 2 fully saturated rings. The Kier molecular flexibility index (Phi) is 3.96. The first-order valence-corrected chi connectivity index (χ1v) is 8.12. The monoisotopic (exact) mass is 387 g/mol. The van der Waals surface area contributed by atoms with Gasteiger partial charge in [-0.15, -0.1) is 0 Å². The summed E-state index contributed by atoms with van der Waals surface area (Å²) in [4.78, 5) is 14.7.